The Morgan fingerprint density at radius 2 is 1.20 bits per heavy atom. The highest BCUT2D eigenvalue weighted by Gasteiger charge is 2.39. The van der Waals surface area contributed by atoms with Gasteiger partial charge < -0.3 is 10.0 Å². The van der Waals surface area contributed by atoms with Gasteiger partial charge in [0.1, 0.15) is 11.4 Å². The van der Waals surface area contributed by atoms with E-state index >= 15 is 0 Å². The first-order valence-electron chi connectivity index (χ1n) is 12.4. The molecule has 228 valence electrons. The summed E-state index contributed by atoms with van der Waals surface area (Å²) < 4.78 is 75.3. The van der Waals surface area contributed by atoms with E-state index in [1.165, 1.54) is 12.4 Å². The lowest BCUT2D eigenvalue weighted by Crippen LogP contribution is -2.30. The number of aliphatic imine (C=N–C) groups is 2. The molecule has 0 saturated carbocycles. The molecular formula is C28H18BBrCl2F6N4O2. The van der Waals surface area contributed by atoms with Crippen LogP contribution in [0.3, 0.4) is 0 Å². The van der Waals surface area contributed by atoms with Gasteiger partial charge in [0, 0.05) is 67.5 Å². The first-order chi connectivity index (χ1) is 20.6. The lowest BCUT2D eigenvalue weighted by Gasteiger charge is -2.06. The van der Waals surface area contributed by atoms with E-state index in [1.54, 1.807) is 54.6 Å². The lowest BCUT2D eigenvalue weighted by atomic mass is 9.80. The molecular weight excluding hydrogens is 700 g/mol. The van der Waals surface area contributed by atoms with Crippen molar-refractivity contribution in [3.05, 3.63) is 98.7 Å². The minimum absolute atomic E-state index is 0.133. The monoisotopic (exact) mass is 716 g/mol. The largest absolute Gasteiger partial charge is 0.489 e. The van der Waals surface area contributed by atoms with Gasteiger partial charge in [-0.05, 0) is 40.2 Å². The minimum Gasteiger partial charge on any atom is -0.423 e. The first-order valence-corrected chi connectivity index (χ1v) is 14.0. The molecule has 0 spiro atoms. The molecule has 0 aliphatic carbocycles. The third-order valence-electron chi connectivity index (χ3n) is 6.07. The van der Waals surface area contributed by atoms with Crippen molar-refractivity contribution in [3.8, 4) is 11.1 Å². The third kappa shape index (κ3) is 8.45. The highest BCUT2D eigenvalue weighted by molar-refractivity contribution is 9.10. The molecule has 16 heteroatoms. The molecule has 0 atom stereocenters. The van der Waals surface area contributed by atoms with Gasteiger partial charge in [-0.1, -0.05) is 59.6 Å². The zero-order valence-electron chi connectivity index (χ0n) is 22.0. The van der Waals surface area contributed by atoms with Crippen LogP contribution in [0.25, 0.3) is 11.1 Å². The van der Waals surface area contributed by atoms with E-state index in [9.17, 15) is 26.3 Å². The van der Waals surface area contributed by atoms with E-state index in [0.29, 0.717) is 36.7 Å². The van der Waals surface area contributed by atoms with Crippen molar-refractivity contribution in [3.63, 3.8) is 0 Å². The molecule has 2 aromatic carbocycles. The number of hydrogen-bond donors (Lipinski definition) is 2. The van der Waals surface area contributed by atoms with E-state index in [4.69, 9.17) is 33.2 Å². The molecule has 6 rings (SSSR count). The quantitative estimate of drug-likeness (QED) is 0.165. The van der Waals surface area contributed by atoms with Gasteiger partial charge >= 0.3 is 19.5 Å². The molecule has 0 saturated heterocycles. The van der Waals surface area contributed by atoms with E-state index in [-0.39, 0.29) is 24.5 Å². The van der Waals surface area contributed by atoms with Gasteiger partial charge in [-0.2, -0.15) is 26.3 Å². The molecule has 0 amide bonds. The van der Waals surface area contributed by atoms with Crippen LogP contribution in [-0.2, 0) is 12.8 Å². The van der Waals surface area contributed by atoms with E-state index < -0.39 is 30.9 Å². The van der Waals surface area contributed by atoms with Crippen molar-refractivity contribution in [2.75, 3.05) is 0 Å². The predicted molar refractivity (Wildman–Crippen MR) is 162 cm³/mol. The Morgan fingerprint density at radius 1 is 0.705 bits per heavy atom. The number of rotatable bonds is 2. The number of hydrogen-bond acceptors (Lipinski definition) is 6. The number of fused-ring (bicyclic) bond motifs is 2. The zero-order valence-corrected chi connectivity index (χ0v) is 25.1. The number of halogens is 9. The second kappa shape index (κ2) is 13.8. The summed E-state index contributed by atoms with van der Waals surface area (Å²) in [4.78, 5) is 14.7. The van der Waals surface area contributed by atoms with Crippen LogP contribution in [0.4, 0.5) is 38.0 Å². The SMILES string of the molecule is FC(F)(F)C1=Nc2ncc(-c3ccccc3Cl)cc2C1.FC(F)(F)C1=Nc2ncc(Br)cc2C1.OB(O)c1ccccc1Cl. The van der Waals surface area contributed by atoms with Gasteiger partial charge in [0.05, 0.1) is 0 Å². The van der Waals surface area contributed by atoms with Crippen LogP contribution in [0, 0.1) is 0 Å². The van der Waals surface area contributed by atoms with Gasteiger partial charge in [0.2, 0.25) is 0 Å². The topological polar surface area (TPSA) is 91.0 Å². The predicted octanol–water partition coefficient (Wildman–Crippen LogP) is 7.65. The summed E-state index contributed by atoms with van der Waals surface area (Å²) >= 11 is 14.8. The molecule has 6 nitrogen and oxygen atoms in total. The van der Waals surface area contributed by atoms with E-state index in [1.807, 2.05) is 6.07 Å². The van der Waals surface area contributed by atoms with Crippen molar-refractivity contribution >= 4 is 74.8 Å². The van der Waals surface area contributed by atoms with Gasteiger partial charge in [-0.25, -0.2) is 20.0 Å². The molecule has 4 heterocycles. The maximum atomic E-state index is 12.6. The third-order valence-corrected chi connectivity index (χ3v) is 7.18. The van der Waals surface area contributed by atoms with Crippen LogP contribution >= 0.6 is 39.1 Å². The molecule has 2 N–H and O–H groups in total. The Bertz CT molecular complexity index is 1740. The Kier molecular flexibility index (Phi) is 10.5. The maximum absolute atomic E-state index is 12.6. The summed E-state index contributed by atoms with van der Waals surface area (Å²) in [7, 11) is -1.48. The standard InChI is InChI=1S/C14H8ClF3N2.C8H4BrF3N2.C6H6BClO2/c15-11-4-2-1-3-10(11)9-5-8-6-12(14(16,17)18)20-13(8)19-7-9;9-5-1-4-2-6(8(10,11)12)14-7(4)13-3-5;8-6-4-2-1-3-5(6)7(9)10/h1-5,7H,6H2;1,3H,2H2;1-4,9-10H. The van der Waals surface area contributed by atoms with Crippen LogP contribution < -0.4 is 5.46 Å². The Morgan fingerprint density at radius 3 is 1.70 bits per heavy atom. The Balaban J connectivity index is 0.000000161. The zero-order chi connectivity index (χ0) is 32.2. The fourth-order valence-electron chi connectivity index (χ4n) is 3.99. The molecule has 2 aromatic heterocycles. The molecule has 2 aliphatic rings. The van der Waals surface area contributed by atoms with Crippen LogP contribution in [0.1, 0.15) is 11.1 Å². The average Bonchev–Trinajstić information content (AvgIpc) is 3.58. The van der Waals surface area contributed by atoms with Crippen molar-refractivity contribution in [1.82, 2.24) is 9.97 Å². The highest BCUT2D eigenvalue weighted by Crippen LogP contribution is 2.36. The fourth-order valence-corrected chi connectivity index (χ4v) is 4.85. The summed E-state index contributed by atoms with van der Waals surface area (Å²) in [5.41, 5.74) is 1.15. The normalized spacial score (nSPS) is 13.4. The minimum atomic E-state index is -4.41. The van der Waals surface area contributed by atoms with E-state index in [2.05, 4.69) is 35.9 Å². The molecule has 0 radical (unpaired) electrons. The van der Waals surface area contributed by atoms with Crippen molar-refractivity contribution in [2.45, 2.75) is 25.2 Å². The Hall–Kier alpha value is -3.30. The Labute approximate surface area is 265 Å². The number of benzene rings is 2. The summed E-state index contributed by atoms with van der Waals surface area (Å²) in [5.74, 6) is 0.300. The molecule has 0 bridgehead atoms. The first kappa shape index (κ1) is 33.6. The molecule has 0 unspecified atom stereocenters. The van der Waals surface area contributed by atoms with Crippen LogP contribution in [-0.4, -0.2) is 50.9 Å². The molecule has 2 aliphatic heterocycles. The summed E-state index contributed by atoms with van der Waals surface area (Å²) in [6.45, 7) is 0. The molecule has 4 aromatic rings. The second-order valence-electron chi connectivity index (χ2n) is 9.18. The summed E-state index contributed by atoms with van der Waals surface area (Å²) in [6.07, 6.45) is -6.28. The molecule has 44 heavy (non-hydrogen) atoms. The van der Waals surface area contributed by atoms with Gasteiger partial charge in [0.15, 0.2) is 11.6 Å². The van der Waals surface area contributed by atoms with Crippen LogP contribution in [0.2, 0.25) is 10.0 Å². The van der Waals surface area contributed by atoms with E-state index in [0.717, 1.165) is 5.56 Å². The van der Waals surface area contributed by atoms with Crippen molar-refractivity contribution in [1.29, 1.82) is 0 Å². The van der Waals surface area contributed by atoms with Crippen molar-refractivity contribution in [2.24, 2.45) is 9.98 Å². The average molecular weight is 718 g/mol. The number of pyridine rings is 2. The number of nitrogens with zero attached hydrogens (tertiary/aromatic N) is 4. The highest BCUT2D eigenvalue weighted by atomic mass is 79.9. The van der Waals surface area contributed by atoms with Crippen LogP contribution in [0.5, 0.6) is 0 Å². The second-order valence-corrected chi connectivity index (χ2v) is 10.9. The van der Waals surface area contributed by atoms with Gasteiger partial charge in [0.25, 0.3) is 0 Å². The van der Waals surface area contributed by atoms with Gasteiger partial charge in [-0.15, -0.1) is 0 Å². The fraction of sp³-hybridized carbons (Fsp3) is 0.143. The van der Waals surface area contributed by atoms with Crippen molar-refractivity contribution < 1.29 is 36.4 Å². The van der Waals surface area contributed by atoms with Crippen LogP contribution in [0.15, 0.2) is 87.5 Å². The summed E-state index contributed by atoms with van der Waals surface area (Å²) in [6, 6.07) is 17.0. The van der Waals surface area contributed by atoms with Gasteiger partial charge in [-0.3, -0.25) is 0 Å². The summed E-state index contributed by atoms with van der Waals surface area (Å²) in [5, 5.41) is 18.3. The smallest absolute Gasteiger partial charge is 0.423 e. The molecule has 0 fully saturated rings. The number of alkyl halides is 6. The lowest BCUT2D eigenvalue weighted by molar-refractivity contribution is -0.0605. The number of aromatic nitrogens is 2. The maximum Gasteiger partial charge on any atom is 0.489 e.